The van der Waals surface area contributed by atoms with E-state index in [0.29, 0.717) is 12.2 Å². The minimum atomic E-state index is -0.324. The first-order valence-electron chi connectivity index (χ1n) is 6.84. The smallest absolute Gasteiger partial charge is 0.340 e. The number of nitrogens with zero attached hydrogens (tertiary/aromatic N) is 2. The van der Waals surface area contributed by atoms with Crippen LogP contribution in [-0.4, -0.2) is 18.8 Å². The Balaban J connectivity index is 1.93. The Morgan fingerprint density at radius 1 is 1.29 bits per heavy atom. The van der Waals surface area contributed by atoms with Gasteiger partial charge in [-0.05, 0) is 30.5 Å². The SMILES string of the molecule is CCOC(=O)C1=CN=c2c1ccc1cc3c(cc21)=CC=N3. The quantitative estimate of drug-likeness (QED) is 0.786. The topological polar surface area (TPSA) is 51.0 Å². The summed E-state index contributed by atoms with van der Waals surface area (Å²) in [5, 5.41) is 4.01. The minimum absolute atomic E-state index is 0.324. The van der Waals surface area contributed by atoms with Gasteiger partial charge in [-0.1, -0.05) is 12.1 Å². The van der Waals surface area contributed by atoms with Crippen LogP contribution in [0, 0.1) is 0 Å². The van der Waals surface area contributed by atoms with Gasteiger partial charge in [-0.15, -0.1) is 0 Å². The van der Waals surface area contributed by atoms with Gasteiger partial charge in [0.2, 0.25) is 0 Å². The van der Waals surface area contributed by atoms with Crippen molar-refractivity contribution in [3.8, 4) is 0 Å². The van der Waals surface area contributed by atoms with Crippen LogP contribution < -0.4 is 10.6 Å². The van der Waals surface area contributed by atoms with Crippen molar-refractivity contribution >= 4 is 40.3 Å². The van der Waals surface area contributed by atoms with Crippen molar-refractivity contribution in [2.45, 2.75) is 6.92 Å². The summed E-state index contributed by atoms with van der Waals surface area (Å²) in [5.74, 6) is -0.324. The molecule has 0 saturated carbocycles. The normalized spacial score (nSPS) is 14.2. The second kappa shape index (κ2) is 4.38. The zero-order chi connectivity index (χ0) is 14.4. The highest BCUT2D eigenvalue weighted by Gasteiger charge is 2.20. The molecule has 0 aliphatic carbocycles. The fourth-order valence-corrected chi connectivity index (χ4v) is 2.73. The van der Waals surface area contributed by atoms with Crippen molar-refractivity contribution in [3.05, 3.63) is 46.6 Å². The van der Waals surface area contributed by atoms with Crippen LogP contribution in [0.25, 0.3) is 22.4 Å². The van der Waals surface area contributed by atoms with Crippen molar-refractivity contribution < 1.29 is 9.53 Å². The highest BCUT2D eigenvalue weighted by molar-refractivity contribution is 6.17. The maximum atomic E-state index is 12.0. The van der Waals surface area contributed by atoms with Gasteiger partial charge < -0.3 is 4.74 Å². The molecule has 2 aliphatic rings. The summed E-state index contributed by atoms with van der Waals surface area (Å²) in [7, 11) is 0. The molecule has 0 amide bonds. The number of esters is 1. The molecule has 0 unspecified atom stereocenters. The number of rotatable bonds is 2. The Morgan fingerprint density at radius 2 is 2.19 bits per heavy atom. The lowest BCUT2D eigenvalue weighted by Crippen LogP contribution is -2.13. The molecular weight excluding hydrogens is 264 g/mol. The van der Waals surface area contributed by atoms with E-state index in [4.69, 9.17) is 4.74 Å². The van der Waals surface area contributed by atoms with Crippen LogP contribution in [0.1, 0.15) is 12.5 Å². The Bertz CT molecular complexity index is 968. The first kappa shape index (κ1) is 12.0. The van der Waals surface area contributed by atoms with E-state index < -0.39 is 0 Å². The van der Waals surface area contributed by atoms with Gasteiger partial charge in [-0.2, -0.15) is 0 Å². The molecule has 4 heteroatoms. The van der Waals surface area contributed by atoms with Crippen LogP contribution >= 0.6 is 0 Å². The number of hydrogen-bond donors (Lipinski definition) is 0. The predicted molar refractivity (Wildman–Crippen MR) is 82.0 cm³/mol. The second-order valence-corrected chi connectivity index (χ2v) is 4.93. The molecule has 0 radical (unpaired) electrons. The lowest BCUT2D eigenvalue weighted by Gasteiger charge is -2.05. The number of ether oxygens (including phenoxy) is 1. The van der Waals surface area contributed by atoms with E-state index in [0.717, 1.165) is 32.6 Å². The minimum Gasteiger partial charge on any atom is -0.462 e. The third-order valence-corrected chi connectivity index (χ3v) is 3.71. The fraction of sp³-hybridized carbons (Fsp3) is 0.118. The van der Waals surface area contributed by atoms with Gasteiger partial charge in [-0.25, -0.2) is 4.79 Å². The van der Waals surface area contributed by atoms with Crippen molar-refractivity contribution in [3.63, 3.8) is 0 Å². The molecule has 2 heterocycles. The summed E-state index contributed by atoms with van der Waals surface area (Å²) in [6.45, 7) is 2.16. The Morgan fingerprint density at radius 3 is 3.05 bits per heavy atom. The average molecular weight is 276 g/mol. The fourth-order valence-electron chi connectivity index (χ4n) is 2.73. The van der Waals surface area contributed by atoms with Crippen LogP contribution in [-0.2, 0) is 9.53 Å². The molecule has 0 saturated heterocycles. The summed E-state index contributed by atoms with van der Waals surface area (Å²) >= 11 is 0. The van der Waals surface area contributed by atoms with E-state index in [-0.39, 0.29) is 5.97 Å². The summed E-state index contributed by atoms with van der Waals surface area (Å²) < 4.78 is 5.08. The molecule has 4 nitrogen and oxygen atoms in total. The van der Waals surface area contributed by atoms with Gasteiger partial charge in [0.15, 0.2) is 0 Å². The Labute approximate surface area is 120 Å². The molecule has 0 atom stereocenters. The van der Waals surface area contributed by atoms with Crippen LogP contribution in [0.4, 0.5) is 5.69 Å². The maximum absolute atomic E-state index is 12.0. The first-order chi connectivity index (χ1) is 10.3. The summed E-state index contributed by atoms with van der Waals surface area (Å²) in [4.78, 5) is 20.7. The number of carbonyl (C=O) groups is 1. The molecule has 4 rings (SSSR count). The Hall–Kier alpha value is -2.75. The molecule has 21 heavy (non-hydrogen) atoms. The largest absolute Gasteiger partial charge is 0.462 e. The van der Waals surface area contributed by atoms with E-state index >= 15 is 0 Å². The second-order valence-electron chi connectivity index (χ2n) is 4.93. The molecule has 0 fully saturated rings. The third kappa shape index (κ3) is 1.72. The van der Waals surface area contributed by atoms with E-state index in [1.165, 1.54) is 0 Å². The van der Waals surface area contributed by atoms with Crippen LogP contribution in [0.3, 0.4) is 0 Å². The monoisotopic (exact) mass is 276 g/mol. The van der Waals surface area contributed by atoms with E-state index in [1.54, 1.807) is 19.3 Å². The van der Waals surface area contributed by atoms with Crippen LogP contribution in [0.5, 0.6) is 0 Å². The zero-order valence-electron chi connectivity index (χ0n) is 11.5. The summed E-state index contributed by atoms with van der Waals surface area (Å²) in [5.41, 5.74) is 2.33. The van der Waals surface area contributed by atoms with Gasteiger partial charge in [0.25, 0.3) is 0 Å². The van der Waals surface area contributed by atoms with Crippen LogP contribution in [0.15, 0.2) is 40.5 Å². The standard InChI is InChI=1S/C17H12N2O2/c1-2-21-17(20)14-9-19-16-12(14)4-3-10-8-15-11(5-6-18-15)7-13(10)16/h3-9H,2H2,1H3. The molecule has 0 N–H and O–H groups in total. The molecule has 0 aromatic heterocycles. The number of benzene rings is 2. The van der Waals surface area contributed by atoms with Crippen LogP contribution in [0.2, 0.25) is 0 Å². The van der Waals surface area contributed by atoms with Crippen molar-refractivity contribution in [1.82, 2.24) is 0 Å². The number of hydrogen-bond acceptors (Lipinski definition) is 4. The van der Waals surface area contributed by atoms with Crippen molar-refractivity contribution in [2.24, 2.45) is 9.98 Å². The van der Waals surface area contributed by atoms with E-state index in [2.05, 4.69) is 16.1 Å². The number of carbonyl (C=O) groups excluding carboxylic acids is 1. The summed E-state index contributed by atoms with van der Waals surface area (Å²) in [6.07, 6.45) is 5.36. The van der Waals surface area contributed by atoms with Gasteiger partial charge in [0, 0.05) is 28.6 Å². The first-order valence-corrected chi connectivity index (χ1v) is 6.84. The van der Waals surface area contributed by atoms with Crippen molar-refractivity contribution in [2.75, 3.05) is 6.61 Å². The van der Waals surface area contributed by atoms with Gasteiger partial charge in [0.1, 0.15) is 0 Å². The molecule has 2 aliphatic heterocycles. The number of aliphatic imine (C=N–C) groups is 1. The highest BCUT2D eigenvalue weighted by Crippen LogP contribution is 2.23. The summed E-state index contributed by atoms with van der Waals surface area (Å²) in [6, 6.07) is 8.03. The molecule has 2 aromatic rings. The van der Waals surface area contributed by atoms with E-state index in [9.17, 15) is 4.79 Å². The molecule has 0 bridgehead atoms. The maximum Gasteiger partial charge on any atom is 0.340 e. The third-order valence-electron chi connectivity index (χ3n) is 3.71. The Kier molecular flexibility index (Phi) is 2.51. The van der Waals surface area contributed by atoms with Gasteiger partial charge >= 0.3 is 5.97 Å². The van der Waals surface area contributed by atoms with Gasteiger partial charge in [-0.3, -0.25) is 9.98 Å². The molecule has 0 spiro atoms. The molecule has 102 valence electrons. The molecular formula is C17H12N2O2. The lowest BCUT2D eigenvalue weighted by molar-refractivity contribution is -0.136. The average Bonchev–Trinajstić information content (AvgIpc) is 3.11. The predicted octanol–water partition coefficient (Wildman–Crippen LogP) is 1.87. The lowest BCUT2D eigenvalue weighted by atomic mass is 10.0. The van der Waals surface area contributed by atoms with E-state index in [1.807, 2.05) is 24.3 Å². The number of fused-ring (bicyclic) bond motifs is 4. The zero-order valence-corrected chi connectivity index (χ0v) is 11.5. The van der Waals surface area contributed by atoms with Crippen molar-refractivity contribution in [1.29, 1.82) is 0 Å². The van der Waals surface area contributed by atoms with Gasteiger partial charge in [0.05, 0.1) is 23.2 Å². The highest BCUT2D eigenvalue weighted by atomic mass is 16.5. The molecule has 2 aromatic carbocycles.